The first-order valence-electron chi connectivity index (χ1n) is 11.9. The molecule has 2 fully saturated rings. The summed E-state index contributed by atoms with van der Waals surface area (Å²) in [6.45, 7) is 0.460. The summed E-state index contributed by atoms with van der Waals surface area (Å²) in [7, 11) is 1.41. The number of fused-ring (bicyclic) bond motifs is 1. The molecule has 0 bridgehead atoms. The number of carbonyl (C=O) groups is 2. The van der Waals surface area contributed by atoms with Crippen molar-refractivity contribution >= 4 is 52.4 Å². The Hall–Kier alpha value is -4.35. The van der Waals surface area contributed by atoms with Crippen LogP contribution >= 0.6 is 11.6 Å². The lowest BCUT2D eigenvalue weighted by atomic mass is 9.99. The number of piperidine rings is 1. The van der Waals surface area contributed by atoms with Crippen LogP contribution < -0.4 is 21.3 Å². The summed E-state index contributed by atoms with van der Waals surface area (Å²) < 4.78 is 1.37. The van der Waals surface area contributed by atoms with E-state index in [4.69, 9.17) is 17.3 Å². The van der Waals surface area contributed by atoms with Crippen LogP contribution in [0.5, 0.6) is 0 Å². The SMILES string of the molecule is CN(C(=O)O)[C@H]1CCN(c2cc(C(N)=O)cc(Nc3nc(NC4CC4)c4ncc(C#N)n4n3)c2Cl)C[C@@H]1O. The Morgan fingerprint density at radius 3 is 2.71 bits per heavy atom. The predicted molar refractivity (Wildman–Crippen MR) is 138 cm³/mol. The van der Waals surface area contributed by atoms with Gasteiger partial charge in [0.1, 0.15) is 6.07 Å². The van der Waals surface area contributed by atoms with Crippen LogP contribution in [-0.2, 0) is 0 Å². The second-order valence-electron chi connectivity index (χ2n) is 9.30. The highest BCUT2D eigenvalue weighted by Gasteiger charge is 2.34. The Balaban J connectivity index is 1.50. The number of hydrogen-bond acceptors (Lipinski definition) is 10. The largest absolute Gasteiger partial charge is 0.465 e. The van der Waals surface area contributed by atoms with Crippen LogP contribution in [0.15, 0.2) is 18.3 Å². The Kier molecular flexibility index (Phi) is 6.55. The lowest BCUT2D eigenvalue weighted by Gasteiger charge is -2.40. The van der Waals surface area contributed by atoms with Gasteiger partial charge in [-0.05, 0) is 31.4 Å². The van der Waals surface area contributed by atoms with Crippen molar-refractivity contribution < 1.29 is 19.8 Å². The molecule has 3 heterocycles. The van der Waals surface area contributed by atoms with E-state index in [1.165, 1.54) is 29.9 Å². The molecule has 2 amide bonds. The smallest absolute Gasteiger partial charge is 0.407 e. The number of aliphatic hydroxyl groups is 1. The number of amides is 2. The van der Waals surface area contributed by atoms with Gasteiger partial charge < -0.3 is 36.4 Å². The molecule has 1 aliphatic heterocycles. The number of nitrogens with one attached hydrogen (secondary N) is 2. The second kappa shape index (κ2) is 9.84. The number of primary amides is 1. The number of β-amino-alcohol motifs (C(OH)–C–C–N with tert-alkyl or cyclic N) is 1. The van der Waals surface area contributed by atoms with Crippen molar-refractivity contribution in [3.63, 3.8) is 0 Å². The fourth-order valence-electron chi connectivity index (χ4n) is 4.45. The molecule has 2 aliphatic rings. The lowest BCUT2D eigenvalue weighted by molar-refractivity contribution is 0.0497. The van der Waals surface area contributed by atoms with E-state index in [-0.39, 0.29) is 40.5 Å². The van der Waals surface area contributed by atoms with Gasteiger partial charge in [-0.2, -0.15) is 14.8 Å². The van der Waals surface area contributed by atoms with Crippen LogP contribution in [0.4, 0.5) is 27.9 Å². The summed E-state index contributed by atoms with van der Waals surface area (Å²) >= 11 is 6.77. The standard InChI is InChI=1S/C23H25ClN10O4/c1-32(23(37)38)15-4-5-33(10-17(15)35)16-7-11(19(26)36)6-14(18(16)24)29-22-30-20(28-12-2-3-12)21-27-9-13(8-25)34(21)31-22/h6-7,9,12,15,17,35H,2-5,10H2,1H3,(H2,26,36)(H,37,38)(H2,28,29,30,31)/t15-,17-/m0/s1. The van der Waals surface area contributed by atoms with Gasteiger partial charge in [0, 0.05) is 31.7 Å². The number of carbonyl (C=O) groups excluding carboxylic acids is 1. The fourth-order valence-corrected chi connectivity index (χ4v) is 4.73. The highest BCUT2D eigenvalue weighted by Crippen LogP contribution is 2.38. The van der Waals surface area contributed by atoms with Crippen LogP contribution in [-0.4, -0.2) is 85.0 Å². The summed E-state index contributed by atoms with van der Waals surface area (Å²) in [4.78, 5) is 35.2. The molecule has 2 atom stereocenters. The number of likely N-dealkylation sites (N-methyl/N-ethyl adjacent to an activating group) is 1. The van der Waals surface area contributed by atoms with Gasteiger partial charge in [-0.1, -0.05) is 11.6 Å². The van der Waals surface area contributed by atoms with Crippen molar-refractivity contribution in [1.29, 1.82) is 5.26 Å². The van der Waals surface area contributed by atoms with E-state index < -0.39 is 24.1 Å². The number of nitrogens with zero attached hydrogens (tertiary/aromatic N) is 7. The maximum absolute atomic E-state index is 12.2. The second-order valence-corrected chi connectivity index (χ2v) is 9.68. The molecule has 2 aromatic heterocycles. The minimum atomic E-state index is -1.13. The van der Waals surface area contributed by atoms with E-state index in [1.807, 2.05) is 6.07 Å². The first kappa shape index (κ1) is 25.3. The van der Waals surface area contributed by atoms with Gasteiger partial charge in [-0.25, -0.2) is 9.78 Å². The zero-order chi connectivity index (χ0) is 27.1. The third-order valence-corrected chi connectivity index (χ3v) is 7.06. The zero-order valence-electron chi connectivity index (χ0n) is 20.3. The zero-order valence-corrected chi connectivity index (χ0v) is 21.1. The van der Waals surface area contributed by atoms with Crippen LogP contribution in [0.25, 0.3) is 5.65 Å². The highest BCUT2D eigenvalue weighted by molar-refractivity contribution is 6.36. The average molecular weight is 541 g/mol. The summed E-state index contributed by atoms with van der Waals surface area (Å²) in [5.74, 6) is -0.144. The van der Waals surface area contributed by atoms with Gasteiger partial charge in [0.15, 0.2) is 17.2 Å². The van der Waals surface area contributed by atoms with Gasteiger partial charge in [0.2, 0.25) is 11.9 Å². The van der Waals surface area contributed by atoms with Gasteiger partial charge in [-0.15, -0.1) is 5.10 Å². The molecule has 3 aromatic rings. The average Bonchev–Trinajstić information content (AvgIpc) is 3.60. The number of aromatic nitrogens is 4. The van der Waals surface area contributed by atoms with Crippen molar-refractivity contribution in [3.05, 3.63) is 34.6 Å². The summed E-state index contributed by atoms with van der Waals surface area (Å²) in [5.41, 5.74) is 7.08. The summed E-state index contributed by atoms with van der Waals surface area (Å²) in [6.07, 6.45) is 1.62. The van der Waals surface area contributed by atoms with Crippen molar-refractivity contribution in [1.82, 2.24) is 24.5 Å². The van der Waals surface area contributed by atoms with Gasteiger partial charge >= 0.3 is 6.09 Å². The number of hydrogen-bond donors (Lipinski definition) is 5. The topological polar surface area (TPSA) is 198 Å². The third kappa shape index (κ3) is 4.81. The minimum Gasteiger partial charge on any atom is -0.465 e. The summed E-state index contributed by atoms with van der Waals surface area (Å²) in [5, 5.41) is 40.4. The third-order valence-electron chi connectivity index (χ3n) is 6.67. The number of nitrogens with two attached hydrogens (primary N) is 1. The first-order valence-corrected chi connectivity index (χ1v) is 12.3. The molecule has 1 saturated carbocycles. The molecule has 38 heavy (non-hydrogen) atoms. The van der Waals surface area contributed by atoms with E-state index in [0.717, 1.165) is 17.7 Å². The number of benzene rings is 1. The molecule has 5 rings (SSSR count). The summed E-state index contributed by atoms with van der Waals surface area (Å²) in [6, 6.07) is 4.71. The number of aliphatic hydroxyl groups excluding tert-OH is 1. The Morgan fingerprint density at radius 1 is 1.32 bits per heavy atom. The van der Waals surface area contributed by atoms with Crippen LogP contribution in [0.1, 0.15) is 35.3 Å². The molecule has 1 aliphatic carbocycles. The first-order chi connectivity index (χ1) is 18.2. The predicted octanol–water partition coefficient (Wildman–Crippen LogP) is 1.62. The molecule has 6 N–H and O–H groups in total. The fraction of sp³-hybridized carbons (Fsp3) is 0.391. The van der Waals surface area contributed by atoms with Crippen molar-refractivity contribution in [2.75, 3.05) is 35.7 Å². The maximum atomic E-state index is 12.2. The molecular weight excluding hydrogens is 516 g/mol. The van der Waals surface area contributed by atoms with E-state index in [0.29, 0.717) is 30.1 Å². The normalized spacial score (nSPS) is 19.2. The van der Waals surface area contributed by atoms with Crippen molar-refractivity contribution in [2.24, 2.45) is 5.73 Å². The van der Waals surface area contributed by atoms with Crippen molar-refractivity contribution in [3.8, 4) is 6.07 Å². The Labute approximate surface area is 221 Å². The van der Waals surface area contributed by atoms with Crippen LogP contribution in [0, 0.1) is 11.3 Å². The van der Waals surface area contributed by atoms with E-state index in [9.17, 15) is 25.1 Å². The number of imidazole rings is 1. The monoisotopic (exact) mass is 540 g/mol. The molecule has 1 saturated heterocycles. The highest BCUT2D eigenvalue weighted by atomic mass is 35.5. The van der Waals surface area contributed by atoms with E-state index >= 15 is 0 Å². The van der Waals surface area contributed by atoms with Crippen LogP contribution in [0.2, 0.25) is 5.02 Å². The van der Waals surface area contributed by atoms with Crippen molar-refractivity contribution in [2.45, 2.75) is 37.5 Å². The number of rotatable bonds is 7. The Bertz CT molecular complexity index is 1470. The molecule has 198 valence electrons. The molecule has 14 nitrogen and oxygen atoms in total. The van der Waals surface area contributed by atoms with E-state index in [1.54, 1.807) is 4.90 Å². The maximum Gasteiger partial charge on any atom is 0.407 e. The minimum absolute atomic E-state index is 0.0855. The molecule has 15 heteroatoms. The van der Waals surface area contributed by atoms with Gasteiger partial charge in [0.25, 0.3) is 0 Å². The number of halogens is 1. The van der Waals surface area contributed by atoms with E-state index in [2.05, 4.69) is 25.7 Å². The van der Waals surface area contributed by atoms with Gasteiger partial charge in [0.05, 0.1) is 34.7 Å². The molecule has 0 unspecified atom stereocenters. The molecular formula is C23H25ClN10O4. The molecule has 1 aromatic carbocycles. The number of carboxylic acid groups (broad SMARTS) is 1. The molecule has 0 spiro atoms. The van der Waals surface area contributed by atoms with Gasteiger partial charge in [-0.3, -0.25) is 4.79 Å². The quantitative estimate of drug-likeness (QED) is 0.291. The lowest BCUT2D eigenvalue weighted by Crippen LogP contribution is -2.54. The number of nitriles is 1. The molecule has 0 radical (unpaired) electrons. The van der Waals surface area contributed by atoms with Crippen LogP contribution in [0.3, 0.4) is 0 Å². The Morgan fingerprint density at radius 2 is 2.08 bits per heavy atom. The number of anilines is 4.